The molecular formula is C13H16O4S. The van der Waals surface area contributed by atoms with Gasteiger partial charge in [-0.15, -0.1) is 0 Å². The van der Waals surface area contributed by atoms with E-state index in [1.165, 1.54) is 18.9 Å². The van der Waals surface area contributed by atoms with Gasteiger partial charge in [-0.05, 0) is 17.7 Å². The number of carboxylic acid groups (broad SMARTS) is 1. The highest BCUT2D eigenvalue weighted by Crippen LogP contribution is 2.17. The van der Waals surface area contributed by atoms with Gasteiger partial charge in [0.05, 0.1) is 18.6 Å². The monoisotopic (exact) mass is 268 g/mol. The summed E-state index contributed by atoms with van der Waals surface area (Å²) in [4.78, 5) is 22.0. The molecule has 0 amide bonds. The molecule has 18 heavy (non-hydrogen) atoms. The first kappa shape index (κ1) is 14.6. The molecule has 0 bridgehead atoms. The Morgan fingerprint density at radius 3 is 2.78 bits per heavy atom. The van der Waals surface area contributed by atoms with Crippen LogP contribution in [-0.2, 0) is 15.3 Å². The number of hydrogen-bond donors (Lipinski definition) is 1. The van der Waals surface area contributed by atoms with Crippen LogP contribution in [0.4, 0.5) is 0 Å². The van der Waals surface area contributed by atoms with Gasteiger partial charge < -0.3 is 9.84 Å². The molecule has 1 N–H and O–H groups in total. The van der Waals surface area contributed by atoms with Crippen LogP contribution in [0.25, 0.3) is 0 Å². The maximum Gasteiger partial charge on any atom is 0.337 e. The summed E-state index contributed by atoms with van der Waals surface area (Å²) in [5, 5.41) is 8.75. The number of rotatable bonds is 6. The molecule has 1 aromatic rings. The maximum absolute atomic E-state index is 11.3. The second-order valence-electron chi connectivity index (χ2n) is 3.95. The fourth-order valence-electron chi connectivity index (χ4n) is 1.33. The van der Waals surface area contributed by atoms with Gasteiger partial charge in [-0.3, -0.25) is 4.79 Å². The van der Waals surface area contributed by atoms with E-state index in [9.17, 15) is 9.59 Å². The lowest BCUT2D eigenvalue weighted by atomic mass is 10.1. The Bertz CT molecular complexity index is 431. The summed E-state index contributed by atoms with van der Waals surface area (Å²) in [6.07, 6.45) is 0. The second-order valence-corrected chi connectivity index (χ2v) is 4.98. The summed E-state index contributed by atoms with van der Waals surface area (Å²) in [7, 11) is 1.35. The van der Waals surface area contributed by atoms with Gasteiger partial charge >= 0.3 is 11.9 Å². The lowest BCUT2D eigenvalue weighted by molar-refractivity contribution is -0.140. The molecule has 0 radical (unpaired) electrons. The van der Waals surface area contributed by atoms with Gasteiger partial charge in [0, 0.05) is 11.5 Å². The minimum absolute atomic E-state index is 0.360. The van der Waals surface area contributed by atoms with E-state index in [4.69, 9.17) is 5.11 Å². The zero-order valence-corrected chi connectivity index (χ0v) is 11.2. The van der Waals surface area contributed by atoms with Crippen LogP contribution >= 0.6 is 11.8 Å². The van der Waals surface area contributed by atoms with E-state index >= 15 is 0 Å². The van der Waals surface area contributed by atoms with Gasteiger partial charge in [0.15, 0.2) is 0 Å². The van der Waals surface area contributed by atoms with Crippen molar-refractivity contribution in [2.75, 3.05) is 12.9 Å². The number of benzene rings is 1. The van der Waals surface area contributed by atoms with Crippen LogP contribution in [0, 0.1) is 5.92 Å². The molecule has 1 aromatic carbocycles. The maximum atomic E-state index is 11.3. The molecule has 1 atom stereocenters. The van der Waals surface area contributed by atoms with Crippen LogP contribution < -0.4 is 0 Å². The number of esters is 1. The highest BCUT2D eigenvalue weighted by Gasteiger charge is 2.11. The molecule has 0 aliphatic rings. The van der Waals surface area contributed by atoms with Gasteiger partial charge in [0.1, 0.15) is 0 Å². The lowest BCUT2D eigenvalue weighted by Gasteiger charge is -2.06. The number of carbonyl (C=O) groups is 2. The number of carbonyl (C=O) groups excluding carboxylic acids is 1. The van der Waals surface area contributed by atoms with E-state index in [1.807, 2.05) is 6.07 Å². The molecule has 98 valence electrons. The first-order valence-electron chi connectivity index (χ1n) is 5.52. The van der Waals surface area contributed by atoms with Crippen LogP contribution in [0.1, 0.15) is 22.8 Å². The molecule has 1 rings (SSSR count). The summed E-state index contributed by atoms with van der Waals surface area (Å²) in [5.74, 6) is -0.273. The smallest absolute Gasteiger partial charge is 0.337 e. The molecule has 4 nitrogen and oxygen atoms in total. The molecule has 0 saturated heterocycles. The third kappa shape index (κ3) is 4.41. The summed E-state index contributed by atoms with van der Waals surface area (Å²) >= 11 is 1.54. The largest absolute Gasteiger partial charge is 0.481 e. The fourth-order valence-corrected chi connectivity index (χ4v) is 2.36. The molecule has 0 aliphatic heterocycles. The molecule has 0 fully saturated rings. The minimum atomic E-state index is -0.786. The Labute approximate surface area is 110 Å². The molecule has 0 saturated carbocycles. The summed E-state index contributed by atoms with van der Waals surface area (Å²) < 4.78 is 4.64. The third-order valence-electron chi connectivity index (χ3n) is 2.41. The summed E-state index contributed by atoms with van der Waals surface area (Å²) in [6.45, 7) is 1.68. The molecule has 0 heterocycles. The van der Waals surface area contributed by atoms with E-state index in [1.54, 1.807) is 25.1 Å². The number of thioether (sulfide) groups is 1. The van der Waals surface area contributed by atoms with Crippen LogP contribution in [0.15, 0.2) is 24.3 Å². The normalized spacial score (nSPS) is 11.9. The topological polar surface area (TPSA) is 63.6 Å². The summed E-state index contributed by atoms with van der Waals surface area (Å²) in [5.41, 5.74) is 1.50. The summed E-state index contributed by atoms with van der Waals surface area (Å²) in [6, 6.07) is 7.16. The van der Waals surface area contributed by atoms with Crippen LogP contribution in [0.5, 0.6) is 0 Å². The van der Waals surface area contributed by atoms with E-state index in [-0.39, 0.29) is 11.9 Å². The zero-order valence-electron chi connectivity index (χ0n) is 10.4. The van der Waals surface area contributed by atoms with Crippen molar-refractivity contribution in [3.8, 4) is 0 Å². The Morgan fingerprint density at radius 1 is 1.44 bits per heavy atom. The van der Waals surface area contributed by atoms with Crippen molar-refractivity contribution in [1.82, 2.24) is 0 Å². The van der Waals surface area contributed by atoms with E-state index in [0.717, 1.165) is 5.56 Å². The van der Waals surface area contributed by atoms with Crippen LogP contribution in [-0.4, -0.2) is 29.9 Å². The minimum Gasteiger partial charge on any atom is -0.481 e. The number of methoxy groups -OCH3 is 1. The SMILES string of the molecule is COC(=O)c1cccc(CSCC(C)C(=O)O)c1. The number of carboxylic acids is 1. The van der Waals surface area contributed by atoms with E-state index in [2.05, 4.69) is 4.74 Å². The average Bonchev–Trinajstić information content (AvgIpc) is 2.37. The highest BCUT2D eigenvalue weighted by atomic mass is 32.2. The molecule has 0 spiro atoms. The zero-order chi connectivity index (χ0) is 13.5. The standard InChI is InChI=1S/C13H16O4S/c1-9(12(14)15)7-18-8-10-4-3-5-11(6-10)13(16)17-2/h3-6,9H,7-8H2,1-2H3,(H,14,15). The fraction of sp³-hybridized carbons (Fsp3) is 0.385. The Hall–Kier alpha value is -1.49. The first-order chi connectivity index (χ1) is 8.54. The molecule has 5 heteroatoms. The van der Waals surface area contributed by atoms with E-state index < -0.39 is 5.97 Å². The quantitative estimate of drug-likeness (QED) is 0.803. The van der Waals surface area contributed by atoms with E-state index in [0.29, 0.717) is 17.1 Å². The number of hydrogen-bond acceptors (Lipinski definition) is 4. The van der Waals surface area contributed by atoms with Crippen molar-refractivity contribution in [2.24, 2.45) is 5.92 Å². The highest BCUT2D eigenvalue weighted by molar-refractivity contribution is 7.98. The van der Waals surface area contributed by atoms with Crippen molar-refractivity contribution in [3.05, 3.63) is 35.4 Å². The average molecular weight is 268 g/mol. The number of aliphatic carboxylic acids is 1. The van der Waals surface area contributed by atoms with Crippen molar-refractivity contribution in [2.45, 2.75) is 12.7 Å². The Morgan fingerprint density at radius 2 is 2.17 bits per heavy atom. The third-order valence-corrected chi connectivity index (χ3v) is 3.68. The number of ether oxygens (including phenoxy) is 1. The van der Waals surface area contributed by atoms with Crippen LogP contribution in [0.2, 0.25) is 0 Å². The van der Waals surface area contributed by atoms with Crippen molar-refractivity contribution < 1.29 is 19.4 Å². The van der Waals surface area contributed by atoms with Gasteiger partial charge in [-0.2, -0.15) is 11.8 Å². The Kier molecular flexibility index (Phi) is 5.71. The lowest BCUT2D eigenvalue weighted by Crippen LogP contribution is -2.11. The first-order valence-corrected chi connectivity index (χ1v) is 6.68. The van der Waals surface area contributed by atoms with Gasteiger partial charge in [0.2, 0.25) is 0 Å². The molecule has 0 aliphatic carbocycles. The van der Waals surface area contributed by atoms with Crippen molar-refractivity contribution >= 4 is 23.7 Å². The predicted octanol–water partition coefficient (Wildman–Crippen LogP) is 2.43. The van der Waals surface area contributed by atoms with Crippen molar-refractivity contribution in [3.63, 3.8) is 0 Å². The molecule has 0 aromatic heterocycles. The van der Waals surface area contributed by atoms with Crippen molar-refractivity contribution in [1.29, 1.82) is 0 Å². The van der Waals surface area contributed by atoms with Gasteiger partial charge in [0.25, 0.3) is 0 Å². The second kappa shape index (κ2) is 7.06. The Balaban J connectivity index is 2.53. The van der Waals surface area contributed by atoms with Gasteiger partial charge in [-0.1, -0.05) is 19.1 Å². The predicted molar refractivity (Wildman–Crippen MR) is 70.7 cm³/mol. The molecule has 1 unspecified atom stereocenters. The van der Waals surface area contributed by atoms with Crippen LogP contribution in [0.3, 0.4) is 0 Å². The van der Waals surface area contributed by atoms with Gasteiger partial charge in [-0.25, -0.2) is 4.79 Å². The molecular weight excluding hydrogens is 252 g/mol.